The Labute approximate surface area is 358 Å². The quantitative estimate of drug-likeness (QED) is 0.0433. The van der Waals surface area contributed by atoms with Gasteiger partial charge in [-0.1, -0.05) is 84.9 Å². The zero-order valence-corrected chi connectivity index (χ0v) is 36.5. The summed E-state index contributed by atoms with van der Waals surface area (Å²) >= 11 is 0. The van der Waals surface area contributed by atoms with Gasteiger partial charge in [-0.3, -0.25) is 14.3 Å². The van der Waals surface area contributed by atoms with Crippen LogP contribution in [0.25, 0.3) is 0 Å². The Morgan fingerprint density at radius 3 is 1.97 bits per heavy atom. The number of hydrogen-bond acceptors (Lipinski definition) is 11. The summed E-state index contributed by atoms with van der Waals surface area (Å²) in [6, 6.07) is 37.3. The minimum Gasteiger partial charge on any atom is -0.497 e. The van der Waals surface area contributed by atoms with Crippen LogP contribution in [-0.4, -0.2) is 65.9 Å². The van der Waals surface area contributed by atoms with Crippen molar-refractivity contribution in [2.24, 2.45) is 0 Å². The first kappa shape index (κ1) is 45.4. The van der Waals surface area contributed by atoms with Crippen LogP contribution in [0.1, 0.15) is 74.6 Å². The Kier molecular flexibility index (Phi) is 16.0. The lowest BCUT2D eigenvalue weighted by atomic mass is 9.80. The highest BCUT2D eigenvalue weighted by Crippen LogP contribution is 2.50. The fourth-order valence-corrected chi connectivity index (χ4v) is 9.28. The number of aromatic nitrogens is 2. The van der Waals surface area contributed by atoms with Crippen molar-refractivity contribution in [2.45, 2.75) is 89.9 Å². The third-order valence-corrected chi connectivity index (χ3v) is 12.6. The Bertz CT molecular complexity index is 2230. The highest BCUT2D eigenvalue weighted by Gasteiger charge is 2.45. The molecule has 0 bridgehead atoms. The van der Waals surface area contributed by atoms with Gasteiger partial charge in [-0.05, 0) is 74.2 Å². The van der Waals surface area contributed by atoms with E-state index in [1.165, 1.54) is 10.8 Å². The summed E-state index contributed by atoms with van der Waals surface area (Å²) in [6.45, 7) is 8.72. The van der Waals surface area contributed by atoms with Gasteiger partial charge in [0.1, 0.15) is 29.4 Å². The van der Waals surface area contributed by atoms with Gasteiger partial charge >= 0.3 is 5.69 Å². The molecule has 1 unspecified atom stereocenters. The van der Waals surface area contributed by atoms with Crippen LogP contribution in [0.3, 0.4) is 0 Å². The van der Waals surface area contributed by atoms with Gasteiger partial charge in [0, 0.05) is 24.7 Å². The molecule has 0 amide bonds. The molecule has 0 saturated carbocycles. The van der Waals surface area contributed by atoms with E-state index in [-0.39, 0.29) is 56.9 Å². The lowest BCUT2D eigenvalue weighted by molar-refractivity contribution is -0.0926. The molecule has 13 nitrogen and oxygen atoms in total. The molecule has 1 aromatic heterocycles. The summed E-state index contributed by atoms with van der Waals surface area (Å²) in [4.78, 5) is 29.1. The summed E-state index contributed by atoms with van der Waals surface area (Å²) in [5, 5.41) is 9.40. The van der Waals surface area contributed by atoms with E-state index in [1.807, 2.05) is 109 Å². The zero-order valence-electron chi connectivity index (χ0n) is 35.6. The number of H-pyrrole nitrogens is 1. The number of hydrogen-bond donors (Lipinski definition) is 1. The molecule has 14 heteroatoms. The van der Waals surface area contributed by atoms with Gasteiger partial charge in [0.15, 0.2) is 0 Å². The molecule has 1 aliphatic heterocycles. The smallest absolute Gasteiger partial charge is 0.330 e. The molecule has 5 aromatic rings. The summed E-state index contributed by atoms with van der Waals surface area (Å²) in [6.07, 6.45) is -0.347. The first-order valence-corrected chi connectivity index (χ1v) is 21.6. The van der Waals surface area contributed by atoms with Crippen molar-refractivity contribution in [3.05, 3.63) is 164 Å². The molecule has 1 saturated heterocycles. The summed E-state index contributed by atoms with van der Waals surface area (Å²) in [5.41, 5.74) is 1.42. The van der Waals surface area contributed by atoms with Gasteiger partial charge in [-0.25, -0.2) is 9.46 Å². The van der Waals surface area contributed by atoms with Crippen LogP contribution in [-0.2, 0) is 42.1 Å². The molecular weight excluding hydrogens is 796 g/mol. The second-order valence-corrected chi connectivity index (χ2v) is 16.6. The largest absolute Gasteiger partial charge is 0.497 e. The molecule has 6 rings (SSSR count). The lowest BCUT2D eigenvalue weighted by Crippen LogP contribution is -2.39. The number of methoxy groups -OCH3 is 2. The van der Waals surface area contributed by atoms with Crippen LogP contribution in [0.2, 0.25) is 0 Å². The average molecular weight is 851 g/mol. The maximum atomic E-state index is 13.6. The van der Waals surface area contributed by atoms with Crippen molar-refractivity contribution in [3.8, 4) is 17.6 Å². The molecule has 0 spiro atoms. The van der Waals surface area contributed by atoms with Gasteiger partial charge < -0.3 is 32.7 Å². The first-order chi connectivity index (χ1) is 29.6. The third kappa shape index (κ3) is 11.0. The number of nitrogens with zero attached hydrogens (tertiary/aromatic N) is 3. The predicted molar refractivity (Wildman–Crippen MR) is 233 cm³/mol. The highest BCUT2D eigenvalue weighted by molar-refractivity contribution is 7.44. The second-order valence-electron chi connectivity index (χ2n) is 15.2. The SMILES string of the molecule is COc1ccc(C(OC[C@H]2O[C@@H](n3cc(COCc4ccccc4)c(=O)[nH]c3=O)C[C@@H]2OP(OCCC#N)N(C(C)C)C(C)C)(c2ccccc2)c2ccc(OC)cc2)cc1. The Hall–Kier alpha value is -5.16. The van der Waals surface area contributed by atoms with Gasteiger partial charge in [0.2, 0.25) is 0 Å². The topological polar surface area (TPSA) is 146 Å². The maximum Gasteiger partial charge on any atom is 0.330 e. The molecule has 61 heavy (non-hydrogen) atoms. The molecule has 1 N–H and O–H groups in total. The van der Waals surface area contributed by atoms with Crippen LogP contribution >= 0.6 is 8.53 Å². The monoisotopic (exact) mass is 850 g/mol. The van der Waals surface area contributed by atoms with E-state index >= 15 is 0 Å². The van der Waals surface area contributed by atoms with Crippen molar-refractivity contribution < 1.29 is 32.7 Å². The lowest BCUT2D eigenvalue weighted by Gasteiger charge is -2.39. The molecule has 1 fully saturated rings. The summed E-state index contributed by atoms with van der Waals surface area (Å²) < 4.78 is 47.9. The van der Waals surface area contributed by atoms with Gasteiger partial charge in [0.25, 0.3) is 14.1 Å². The molecule has 0 aliphatic carbocycles. The molecule has 1 aliphatic rings. The molecule has 322 valence electrons. The molecule has 2 heterocycles. The van der Waals surface area contributed by atoms with Crippen molar-refractivity contribution >= 4 is 8.53 Å². The standard InChI is InChI=1S/C47H55N4O9P/c1-33(2)51(34(3)4)61(58-27-13-26-48)60-42-28-44(50-29-36(45(52)49-46(50)53)31-56-30-35-14-9-7-10-15-35)59-43(42)32-57-47(37-16-11-8-12-17-37,38-18-22-40(54-5)23-19-38)39-20-24-41(55-6)25-21-39/h7-12,14-25,29,33-34,42-44H,13,27-28,30-32H2,1-6H3,(H,49,52,53)/t42-,43+,44+,61?/m0/s1. The normalized spacial score (nSPS) is 17.1. The molecule has 0 radical (unpaired) electrons. The number of ether oxygens (including phenoxy) is 5. The summed E-state index contributed by atoms with van der Waals surface area (Å²) in [5.74, 6) is 1.38. The minimum atomic E-state index is -1.72. The maximum absolute atomic E-state index is 13.6. The zero-order chi connectivity index (χ0) is 43.4. The van der Waals surface area contributed by atoms with Crippen molar-refractivity contribution in [1.82, 2.24) is 14.2 Å². The number of benzene rings is 4. The minimum absolute atomic E-state index is 0.00396. The van der Waals surface area contributed by atoms with E-state index < -0.39 is 43.8 Å². The average Bonchev–Trinajstić information content (AvgIpc) is 3.67. The van der Waals surface area contributed by atoms with Gasteiger partial charge in [0.05, 0.1) is 64.8 Å². The Balaban J connectivity index is 1.40. The second kappa shape index (κ2) is 21.6. The van der Waals surface area contributed by atoms with Crippen molar-refractivity contribution in [3.63, 3.8) is 0 Å². The van der Waals surface area contributed by atoms with Crippen molar-refractivity contribution in [2.75, 3.05) is 27.4 Å². The van der Waals surface area contributed by atoms with Crippen LogP contribution in [0.5, 0.6) is 11.5 Å². The van der Waals surface area contributed by atoms with E-state index in [0.717, 1.165) is 22.3 Å². The number of nitriles is 1. The molecule has 4 aromatic carbocycles. The number of rotatable bonds is 21. The Morgan fingerprint density at radius 1 is 0.836 bits per heavy atom. The number of nitrogens with one attached hydrogen (secondary N) is 1. The molecule has 4 atom stereocenters. The van der Waals surface area contributed by atoms with Crippen LogP contribution in [0.15, 0.2) is 125 Å². The van der Waals surface area contributed by atoms with E-state index in [0.29, 0.717) is 11.5 Å². The summed E-state index contributed by atoms with van der Waals surface area (Å²) in [7, 11) is 1.53. The third-order valence-electron chi connectivity index (χ3n) is 10.4. The molecular formula is C47H55N4O9P. The van der Waals surface area contributed by atoms with Crippen LogP contribution in [0.4, 0.5) is 0 Å². The predicted octanol–water partition coefficient (Wildman–Crippen LogP) is 8.23. The Morgan fingerprint density at radius 2 is 1.41 bits per heavy atom. The van der Waals surface area contributed by atoms with E-state index in [4.69, 9.17) is 32.7 Å². The fourth-order valence-electron chi connectivity index (χ4n) is 7.52. The number of aromatic amines is 1. The van der Waals surface area contributed by atoms with E-state index in [1.54, 1.807) is 14.2 Å². The van der Waals surface area contributed by atoms with Crippen molar-refractivity contribution in [1.29, 1.82) is 5.26 Å². The first-order valence-electron chi connectivity index (χ1n) is 20.4. The van der Waals surface area contributed by atoms with Gasteiger partial charge in [-0.15, -0.1) is 0 Å². The fraction of sp³-hybridized carbons (Fsp3) is 0.383. The van der Waals surface area contributed by atoms with Crippen LogP contribution < -0.4 is 20.7 Å². The van der Waals surface area contributed by atoms with Crippen LogP contribution in [0, 0.1) is 11.3 Å². The highest BCUT2D eigenvalue weighted by atomic mass is 31.2. The van der Waals surface area contributed by atoms with Gasteiger partial charge in [-0.2, -0.15) is 5.26 Å². The van der Waals surface area contributed by atoms with E-state index in [2.05, 4.69) is 43.4 Å². The van der Waals surface area contributed by atoms with E-state index in [9.17, 15) is 14.9 Å².